The number of carbonyl (C=O) groups excluding carboxylic acids is 1. The van der Waals surface area contributed by atoms with Gasteiger partial charge in [0, 0.05) is 39.1 Å². The molecular weight excluding hydrogens is 304 g/mol. The van der Waals surface area contributed by atoms with E-state index in [2.05, 4.69) is 30.5 Å². The van der Waals surface area contributed by atoms with Gasteiger partial charge in [0.15, 0.2) is 0 Å². The largest absolute Gasteiger partial charge is 0.340 e. The van der Waals surface area contributed by atoms with E-state index in [0.29, 0.717) is 0 Å². The first-order chi connectivity index (χ1) is 11.2. The molecule has 2 saturated heterocycles. The van der Waals surface area contributed by atoms with Gasteiger partial charge < -0.3 is 4.90 Å². The van der Waals surface area contributed by atoms with Crippen molar-refractivity contribution in [2.24, 2.45) is 0 Å². The predicted octanol–water partition coefficient (Wildman–Crippen LogP) is 4.41. The van der Waals surface area contributed by atoms with Gasteiger partial charge in [0.2, 0.25) is 5.91 Å². The highest BCUT2D eigenvalue weighted by Gasteiger charge is 2.25. The standard InChI is InChI=1S/C11H20N2OS.C8H18/c1-10(14)12-4-6-13(7-5-12)11-2-8-15-9-3-11;1-3-5-7-8-6-4-2/h11H,2-9H2,1H3;3-8H2,1-2H3. The Morgan fingerprint density at radius 3 is 1.87 bits per heavy atom. The lowest BCUT2D eigenvalue weighted by Gasteiger charge is -2.40. The molecule has 0 bridgehead atoms. The van der Waals surface area contributed by atoms with Crippen molar-refractivity contribution < 1.29 is 4.79 Å². The molecule has 2 aliphatic heterocycles. The normalized spacial score (nSPS) is 20.0. The van der Waals surface area contributed by atoms with E-state index in [0.717, 1.165) is 32.2 Å². The van der Waals surface area contributed by atoms with Crippen LogP contribution in [0.1, 0.15) is 72.1 Å². The Morgan fingerprint density at radius 1 is 0.913 bits per heavy atom. The van der Waals surface area contributed by atoms with Crippen molar-refractivity contribution in [2.75, 3.05) is 37.7 Å². The Hall–Kier alpha value is -0.220. The monoisotopic (exact) mass is 342 g/mol. The molecule has 23 heavy (non-hydrogen) atoms. The molecule has 4 heteroatoms. The highest BCUT2D eigenvalue weighted by molar-refractivity contribution is 7.99. The van der Waals surface area contributed by atoms with Crippen molar-refractivity contribution in [1.29, 1.82) is 0 Å². The Bertz CT molecular complexity index is 292. The summed E-state index contributed by atoms with van der Waals surface area (Å²) in [5, 5.41) is 0. The first kappa shape index (κ1) is 20.8. The van der Waals surface area contributed by atoms with Crippen molar-refractivity contribution >= 4 is 17.7 Å². The molecule has 0 unspecified atom stereocenters. The second-order valence-electron chi connectivity index (χ2n) is 6.80. The van der Waals surface area contributed by atoms with E-state index < -0.39 is 0 Å². The summed E-state index contributed by atoms with van der Waals surface area (Å²) in [5.74, 6) is 2.86. The summed E-state index contributed by atoms with van der Waals surface area (Å²) in [6, 6.07) is 0.792. The average molecular weight is 343 g/mol. The summed E-state index contributed by atoms with van der Waals surface area (Å²) in [7, 11) is 0. The zero-order valence-electron chi connectivity index (χ0n) is 15.7. The van der Waals surface area contributed by atoms with Crippen LogP contribution in [0.3, 0.4) is 0 Å². The first-order valence-corrected chi connectivity index (χ1v) is 10.9. The minimum atomic E-state index is 0.230. The maximum absolute atomic E-state index is 11.2. The van der Waals surface area contributed by atoms with E-state index in [1.807, 2.05) is 4.90 Å². The van der Waals surface area contributed by atoms with E-state index in [9.17, 15) is 4.79 Å². The van der Waals surface area contributed by atoms with Crippen LogP contribution in [-0.2, 0) is 4.79 Å². The number of piperazine rings is 1. The molecule has 2 rings (SSSR count). The van der Waals surface area contributed by atoms with Crippen LogP contribution in [0.15, 0.2) is 0 Å². The highest BCUT2D eigenvalue weighted by atomic mass is 32.2. The highest BCUT2D eigenvalue weighted by Crippen LogP contribution is 2.22. The molecule has 0 aliphatic carbocycles. The third-order valence-corrected chi connectivity index (χ3v) is 5.97. The number of unbranched alkanes of at least 4 members (excludes halogenated alkanes) is 5. The summed E-state index contributed by atoms with van der Waals surface area (Å²) >= 11 is 2.08. The quantitative estimate of drug-likeness (QED) is 0.668. The number of hydrogen-bond acceptors (Lipinski definition) is 3. The fourth-order valence-corrected chi connectivity index (χ4v) is 4.39. The molecule has 2 fully saturated rings. The Morgan fingerprint density at radius 2 is 1.43 bits per heavy atom. The molecule has 0 aromatic heterocycles. The number of hydrogen-bond donors (Lipinski definition) is 0. The second-order valence-corrected chi connectivity index (χ2v) is 8.02. The number of carbonyl (C=O) groups is 1. The van der Waals surface area contributed by atoms with E-state index in [4.69, 9.17) is 0 Å². The summed E-state index contributed by atoms with van der Waals surface area (Å²) in [6.45, 7) is 10.2. The van der Waals surface area contributed by atoms with Gasteiger partial charge in [0.1, 0.15) is 0 Å². The van der Waals surface area contributed by atoms with Gasteiger partial charge in [-0.2, -0.15) is 11.8 Å². The maximum Gasteiger partial charge on any atom is 0.219 e. The van der Waals surface area contributed by atoms with Crippen molar-refractivity contribution in [3.63, 3.8) is 0 Å². The third kappa shape index (κ3) is 8.99. The van der Waals surface area contributed by atoms with Crippen LogP contribution in [0, 0.1) is 0 Å². The fourth-order valence-electron chi connectivity index (χ4n) is 3.31. The molecule has 0 aromatic carbocycles. The van der Waals surface area contributed by atoms with Crippen LogP contribution in [0.25, 0.3) is 0 Å². The van der Waals surface area contributed by atoms with E-state index in [-0.39, 0.29) is 5.91 Å². The van der Waals surface area contributed by atoms with Gasteiger partial charge in [0.25, 0.3) is 0 Å². The molecule has 0 aromatic rings. The van der Waals surface area contributed by atoms with Gasteiger partial charge in [-0.15, -0.1) is 0 Å². The third-order valence-electron chi connectivity index (χ3n) is 4.92. The van der Waals surface area contributed by atoms with Gasteiger partial charge in [-0.1, -0.05) is 52.4 Å². The molecule has 0 atom stereocenters. The van der Waals surface area contributed by atoms with Crippen LogP contribution in [0.4, 0.5) is 0 Å². The molecular formula is C19H38N2OS. The molecule has 0 saturated carbocycles. The van der Waals surface area contributed by atoms with Crippen molar-refractivity contribution in [1.82, 2.24) is 9.80 Å². The van der Waals surface area contributed by atoms with E-state index >= 15 is 0 Å². The van der Waals surface area contributed by atoms with E-state index in [1.54, 1.807) is 6.92 Å². The van der Waals surface area contributed by atoms with Crippen molar-refractivity contribution in [3.8, 4) is 0 Å². The second kappa shape index (κ2) is 13.1. The van der Waals surface area contributed by atoms with Crippen LogP contribution in [-0.4, -0.2) is 59.4 Å². The molecule has 0 N–H and O–H groups in total. The number of nitrogens with zero attached hydrogens (tertiary/aromatic N) is 2. The van der Waals surface area contributed by atoms with Gasteiger partial charge in [0.05, 0.1) is 0 Å². The van der Waals surface area contributed by atoms with Crippen molar-refractivity contribution in [3.05, 3.63) is 0 Å². The molecule has 1 amide bonds. The number of amides is 1. The predicted molar refractivity (Wildman–Crippen MR) is 103 cm³/mol. The Kier molecular flexibility index (Phi) is 11.9. The minimum absolute atomic E-state index is 0.230. The smallest absolute Gasteiger partial charge is 0.219 e. The topological polar surface area (TPSA) is 23.6 Å². The lowest BCUT2D eigenvalue weighted by atomic mass is 10.1. The fraction of sp³-hybridized carbons (Fsp3) is 0.947. The lowest BCUT2D eigenvalue weighted by molar-refractivity contribution is -0.130. The van der Waals surface area contributed by atoms with Gasteiger partial charge in [-0.25, -0.2) is 0 Å². The van der Waals surface area contributed by atoms with Crippen LogP contribution in [0.5, 0.6) is 0 Å². The van der Waals surface area contributed by atoms with Crippen molar-refractivity contribution in [2.45, 2.75) is 78.2 Å². The summed E-state index contributed by atoms with van der Waals surface area (Å²) in [5.41, 5.74) is 0. The summed E-state index contributed by atoms with van der Waals surface area (Å²) < 4.78 is 0. The van der Waals surface area contributed by atoms with Crippen LogP contribution < -0.4 is 0 Å². The first-order valence-electron chi connectivity index (χ1n) is 9.76. The van der Waals surface area contributed by atoms with Crippen LogP contribution >= 0.6 is 11.8 Å². The maximum atomic E-state index is 11.2. The number of thioether (sulfide) groups is 1. The molecule has 0 radical (unpaired) electrons. The SMILES string of the molecule is CC(=O)N1CCN(C2CCSCC2)CC1.CCCCCCCC. The van der Waals surface area contributed by atoms with Gasteiger partial charge in [-0.3, -0.25) is 9.69 Å². The number of rotatable bonds is 6. The average Bonchev–Trinajstić information content (AvgIpc) is 2.60. The molecule has 2 heterocycles. The molecule has 0 spiro atoms. The summed E-state index contributed by atoms with van der Waals surface area (Å²) in [4.78, 5) is 15.7. The molecule has 136 valence electrons. The zero-order valence-corrected chi connectivity index (χ0v) is 16.5. The van der Waals surface area contributed by atoms with Gasteiger partial charge in [-0.05, 0) is 24.3 Å². The minimum Gasteiger partial charge on any atom is -0.340 e. The molecule has 3 nitrogen and oxygen atoms in total. The summed E-state index contributed by atoms with van der Waals surface area (Å²) in [6.07, 6.45) is 11.2. The van der Waals surface area contributed by atoms with Crippen LogP contribution in [0.2, 0.25) is 0 Å². The molecule has 2 aliphatic rings. The van der Waals surface area contributed by atoms with E-state index in [1.165, 1.54) is 62.9 Å². The Labute approximate surface area is 148 Å². The Balaban J connectivity index is 0.000000284. The lowest BCUT2D eigenvalue weighted by Crippen LogP contribution is -2.52. The zero-order chi connectivity index (χ0) is 16.9. The van der Waals surface area contributed by atoms with Gasteiger partial charge >= 0.3 is 0 Å².